The van der Waals surface area contributed by atoms with Gasteiger partial charge in [0.05, 0.1) is 6.54 Å². The van der Waals surface area contributed by atoms with Crippen molar-refractivity contribution < 1.29 is 18.3 Å². The molecule has 6 nitrogen and oxygen atoms in total. The van der Waals surface area contributed by atoms with Crippen LogP contribution in [0.3, 0.4) is 0 Å². The van der Waals surface area contributed by atoms with Gasteiger partial charge in [-0.25, -0.2) is 4.99 Å². The number of guanidine groups is 1. The first-order valence-electron chi connectivity index (χ1n) is 8.84. The molecule has 1 amide bonds. The fraction of sp³-hybridized carbons (Fsp3) is 0.300. The molecule has 150 valence electrons. The van der Waals surface area contributed by atoms with Crippen LogP contribution in [0.5, 0.6) is 5.75 Å². The maximum atomic E-state index is 12.6. The van der Waals surface area contributed by atoms with Crippen LogP contribution in [0.2, 0.25) is 0 Å². The van der Waals surface area contributed by atoms with Gasteiger partial charge >= 0.3 is 6.61 Å². The van der Waals surface area contributed by atoms with Crippen LogP contribution in [0.15, 0.2) is 47.5 Å². The van der Waals surface area contributed by atoms with E-state index in [-0.39, 0.29) is 12.3 Å². The van der Waals surface area contributed by atoms with Crippen LogP contribution in [0.4, 0.5) is 8.78 Å². The zero-order valence-electron chi connectivity index (χ0n) is 15.8. The first kappa shape index (κ1) is 21.1. The quantitative estimate of drug-likeness (QED) is 0.478. The van der Waals surface area contributed by atoms with E-state index in [1.54, 1.807) is 36.4 Å². The maximum absolute atomic E-state index is 12.6. The van der Waals surface area contributed by atoms with Gasteiger partial charge in [-0.3, -0.25) is 4.79 Å². The average Bonchev–Trinajstić information content (AvgIpc) is 2.66. The summed E-state index contributed by atoms with van der Waals surface area (Å²) in [6.45, 7) is 2.22. The third kappa shape index (κ3) is 6.53. The lowest BCUT2D eigenvalue weighted by molar-refractivity contribution is -0.0504. The Hall–Kier alpha value is -3.16. The molecular weight excluding hydrogens is 366 g/mol. The summed E-state index contributed by atoms with van der Waals surface area (Å²) < 4.78 is 29.8. The Bertz CT molecular complexity index is 823. The van der Waals surface area contributed by atoms with Crippen molar-refractivity contribution in [1.29, 1.82) is 0 Å². The number of hydrogen-bond donors (Lipinski definition) is 3. The highest BCUT2D eigenvalue weighted by Crippen LogP contribution is 2.22. The Morgan fingerprint density at radius 3 is 2.50 bits per heavy atom. The number of aliphatic imine (C=N–C) groups is 1. The van der Waals surface area contributed by atoms with Gasteiger partial charge in [0.25, 0.3) is 0 Å². The molecule has 0 atom stereocenters. The first-order chi connectivity index (χ1) is 13.4. The Morgan fingerprint density at radius 1 is 1.18 bits per heavy atom. The lowest BCUT2D eigenvalue weighted by Crippen LogP contribution is -2.36. The van der Waals surface area contributed by atoms with Crippen molar-refractivity contribution in [3.8, 4) is 5.75 Å². The lowest BCUT2D eigenvalue weighted by atomic mass is 10.1. The van der Waals surface area contributed by atoms with E-state index in [0.717, 1.165) is 11.1 Å². The number of amides is 1. The number of aryl methyl sites for hydroxylation is 1. The average molecular weight is 390 g/mol. The van der Waals surface area contributed by atoms with Gasteiger partial charge in [-0.2, -0.15) is 8.78 Å². The van der Waals surface area contributed by atoms with Gasteiger partial charge in [0.1, 0.15) is 5.75 Å². The molecule has 0 spiro atoms. The zero-order valence-corrected chi connectivity index (χ0v) is 15.8. The SMILES string of the molecule is CCNC(=NCc1ccc(C(N)=O)cc1)NCc1cc(C)ccc1OC(F)F. The molecule has 0 saturated heterocycles. The van der Waals surface area contributed by atoms with Crippen LogP contribution >= 0.6 is 0 Å². The van der Waals surface area contributed by atoms with Crippen LogP contribution in [0.25, 0.3) is 0 Å². The monoisotopic (exact) mass is 390 g/mol. The molecular formula is C20H24F2N4O2. The third-order valence-electron chi connectivity index (χ3n) is 3.88. The van der Waals surface area contributed by atoms with E-state index < -0.39 is 12.5 Å². The standard InChI is InChI=1S/C20H24F2N4O2/c1-3-24-20(25-11-14-5-7-15(8-6-14)18(23)27)26-12-16-10-13(2)4-9-17(16)28-19(21)22/h4-10,19H,3,11-12H2,1-2H3,(H2,23,27)(H2,24,25,26). The molecule has 0 aliphatic heterocycles. The van der Waals surface area contributed by atoms with Gasteiger partial charge < -0.3 is 21.1 Å². The molecule has 0 fully saturated rings. The van der Waals surface area contributed by atoms with E-state index in [2.05, 4.69) is 20.4 Å². The summed E-state index contributed by atoms with van der Waals surface area (Å²) in [5.74, 6) is 0.182. The van der Waals surface area contributed by atoms with Gasteiger partial charge in [-0.1, -0.05) is 29.8 Å². The fourth-order valence-electron chi connectivity index (χ4n) is 2.52. The molecule has 0 heterocycles. The fourth-order valence-corrected chi connectivity index (χ4v) is 2.52. The molecule has 2 aromatic carbocycles. The van der Waals surface area contributed by atoms with E-state index in [4.69, 9.17) is 5.73 Å². The number of alkyl halides is 2. The highest BCUT2D eigenvalue weighted by molar-refractivity contribution is 5.92. The Morgan fingerprint density at radius 2 is 1.89 bits per heavy atom. The van der Waals surface area contributed by atoms with E-state index in [0.29, 0.717) is 30.2 Å². The number of hydrogen-bond acceptors (Lipinski definition) is 3. The molecule has 0 unspecified atom stereocenters. The number of rotatable bonds is 8. The molecule has 2 aromatic rings. The van der Waals surface area contributed by atoms with Crippen LogP contribution in [-0.4, -0.2) is 25.0 Å². The summed E-state index contributed by atoms with van der Waals surface area (Å²) in [4.78, 5) is 15.6. The smallest absolute Gasteiger partial charge is 0.387 e. The second-order valence-corrected chi connectivity index (χ2v) is 6.10. The van der Waals surface area contributed by atoms with Gasteiger partial charge in [0.2, 0.25) is 5.91 Å². The molecule has 0 radical (unpaired) electrons. The summed E-state index contributed by atoms with van der Waals surface area (Å²) in [6.07, 6.45) is 0. The minimum absolute atomic E-state index is 0.131. The van der Waals surface area contributed by atoms with Crippen molar-refractivity contribution in [2.45, 2.75) is 33.5 Å². The molecule has 0 saturated carbocycles. The molecule has 28 heavy (non-hydrogen) atoms. The van der Waals surface area contributed by atoms with Gasteiger partial charge in [0.15, 0.2) is 5.96 Å². The number of nitrogens with zero attached hydrogens (tertiary/aromatic N) is 1. The molecule has 8 heteroatoms. The van der Waals surface area contributed by atoms with Gasteiger partial charge in [-0.05, 0) is 37.6 Å². The molecule has 2 rings (SSSR count). The second kappa shape index (κ2) is 10.2. The normalized spacial score (nSPS) is 11.4. The van der Waals surface area contributed by atoms with E-state index in [1.165, 1.54) is 6.07 Å². The number of primary amides is 1. The predicted molar refractivity (Wildman–Crippen MR) is 104 cm³/mol. The molecule has 0 aliphatic carbocycles. The predicted octanol–water partition coefficient (Wildman–Crippen LogP) is 2.95. The zero-order chi connectivity index (χ0) is 20.5. The van der Waals surface area contributed by atoms with Crippen LogP contribution < -0.4 is 21.1 Å². The van der Waals surface area contributed by atoms with Crippen molar-refractivity contribution >= 4 is 11.9 Å². The highest BCUT2D eigenvalue weighted by atomic mass is 19.3. The molecule has 0 aliphatic rings. The second-order valence-electron chi connectivity index (χ2n) is 6.10. The summed E-state index contributed by atoms with van der Waals surface area (Å²) in [5, 5.41) is 6.22. The number of nitrogens with one attached hydrogen (secondary N) is 2. The Balaban J connectivity index is 2.07. The van der Waals surface area contributed by atoms with Crippen molar-refractivity contribution in [3.63, 3.8) is 0 Å². The minimum Gasteiger partial charge on any atom is -0.434 e. The van der Waals surface area contributed by atoms with Gasteiger partial charge in [0, 0.05) is 24.2 Å². The van der Waals surface area contributed by atoms with E-state index in [9.17, 15) is 13.6 Å². The Kier molecular flexibility index (Phi) is 7.74. The van der Waals surface area contributed by atoms with E-state index >= 15 is 0 Å². The van der Waals surface area contributed by atoms with Crippen molar-refractivity contribution in [2.75, 3.05) is 6.54 Å². The molecule has 4 N–H and O–H groups in total. The number of carbonyl (C=O) groups is 1. The van der Waals surface area contributed by atoms with Crippen LogP contribution in [-0.2, 0) is 13.1 Å². The first-order valence-corrected chi connectivity index (χ1v) is 8.84. The summed E-state index contributed by atoms with van der Waals surface area (Å²) >= 11 is 0. The van der Waals surface area contributed by atoms with Gasteiger partial charge in [-0.15, -0.1) is 0 Å². The van der Waals surface area contributed by atoms with Crippen LogP contribution in [0.1, 0.15) is 34.0 Å². The third-order valence-corrected chi connectivity index (χ3v) is 3.88. The maximum Gasteiger partial charge on any atom is 0.387 e. The number of nitrogens with two attached hydrogens (primary N) is 1. The Labute approximate surface area is 162 Å². The molecule has 0 bridgehead atoms. The minimum atomic E-state index is -2.88. The van der Waals surface area contributed by atoms with Crippen molar-refractivity contribution in [2.24, 2.45) is 10.7 Å². The molecule has 0 aromatic heterocycles. The number of carbonyl (C=O) groups excluding carboxylic acids is 1. The number of benzene rings is 2. The van der Waals surface area contributed by atoms with E-state index in [1.807, 2.05) is 13.8 Å². The number of ether oxygens (including phenoxy) is 1. The van der Waals surface area contributed by atoms with Crippen molar-refractivity contribution in [3.05, 3.63) is 64.7 Å². The highest BCUT2D eigenvalue weighted by Gasteiger charge is 2.10. The number of halogens is 2. The van der Waals surface area contributed by atoms with Crippen molar-refractivity contribution in [1.82, 2.24) is 10.6 Å². The summed E-state index contributed by atoms with van der Waals surface area (Å²) in [6, 6.07) is 11.9. The largest absolute Gasteiger partial charge is 0.434 e. The summed E-state index contributed by atoms with van der Waals surface area (Å²) in [7, 11) is 0. The lowest BCUT2D eigenvalue weighted by Gasteiger charge is -2.15. The summed E-state index contributed by atoms with van der Waals surface area (Å²) in [5.41, 5.74) is 8.11. The topological polar surface area (TPSA) is 88.7 Å². The van der Waals surface area contributed by atoms with Crippen LogP contribution in [0, 0.1) is 6.92 Å².